The lowest BCUT2D eigenvalue weighted by atomic mass is 10.3. The van der Waals surface area contributed by atoms with Crippen molar-refractivity contribution >= 4 is 11.3 Å². The van der Waals surface area contributed by atoms with Crippen molar-refractivity contribution < 1.29 is 0 Å². The van der Waals surface area contributed by atoms with Crippen molar-refractivity contribution in [3.05, 3.63) is 30.2 Å². The average Bonchev–Trinajstić information content (AvgIpc) is 2.71. The topological polar surface area (TPSA) is 58.6 Å². The average molecular weight is 231 g/mol. The van der Waals surface area contributed by atoms with Crippen LogP contribution in [0, 0.1) is 0 Å². The first-order valence-electron chi connectivity index (χ1n) is 5.97. The molecule has 0 aromatic carbocycles. The van der Waals surface area contributed by atoms with Crippen molar-refractivity contribution in [3.8, 4) is 0 Å². The van der Waals surface area contributed by atoms with Crippen LogP contribution in [-0.2, 0) is 6.54 Å². The van der Waals surface area contributed by atoms with Crippen LogP contribution in [0.5, 0.6) is 0 Å². The molecule has 0 saturated carbocycles. The number of nitrogens with two attached hydrogens (primary N) is 1. The zero-order valence-corrected chi connectivity index (χ0v) is 9.76. The molecule has 1 aliphatic heterocycles. The zero-order valence-electron chi connectivity index (χ0n) is 9.76. The van der Waals surface area contributed by atoms with Gasteiger partial charge in [-0.3, -0.25) is 4.90 Å². The lowest BCUT2D eigenvalue weighted by Gasteiger charge is -2.26. The van der Waals surface area contributed by atoms with Crippen LogP contribution in [-0.4, -0.2) is 40.5 Å². The molecule has 90 valence electrons. The molecule has 5 nitrogen and oxygen atoms in total. The highest BCUT2D eigenvalue weighted by Gasteiger charge is 2.11. The van der Waals surface area contributed by atoms with Gasteiger partial charge in [0.05, 0.1) is 5.69 Å². The Labute approximate surface area is 100 Å². The molecule has 5 heteroatoms. The molecule has 0 unspecified atom stereocenters. The standard InChI is InChI=1S/C12H17N5/c13-10-1-4-17-9-11(15-12(17)7-10)8-16-5-2-14-3-6-16/h1,4,7,9,14H,2-3,5-6,8,13H2. The second-order valence-electron chi connectivity index (χ2n) is 4.48. The van der Waals surface area contributed by atoms with Crippen LogP contribution >= 0.6 is 0 Å². The first kappa shape index (κ1) is 10.6. The largest absolute Gasteiger partial charge is 0.399 e. The third-order valence-corrected chi connectivity index (χ3v) is 3.13. The fourth-order valence-electron chi connectivity index (χ4n) is 2.22. The van der Waals surface area contributed by atoms with Gasteiger partial charge in [0.25, 0.3) is 0 Å². The first-order chi connectivity index (χ1) is 8.31. The summed E-state index contributed by atoms with van der Waals surface area (Å²) in [6.07, 6.45) is 4.04. The van der Waals surface area contributed by atoms with Crippen LogP contribution in [0.15, 0.2) is 24.5 Å². The molecule has 2 aromatic heterocycles. The second-order valence-corrected chi connectivity index (χ2v) is 4.48. The summed E-state index contributed by atoms with van der Waals surface area (Å²) in [5, 5.41) is 3.35. The molecular formula is C12H17N5. The molecule has 3 N–H and O–H groups in total. The van der Waals surface area contributed by atoms with Gasteiger partial charge in [-0.15, -0.1) is 0 Å². The van der Waals surface area contributed by atoms with E-state index in [1.165, 1.54) is 0 Å². The highest BCUT2D eigenvalue weighted by atomic mass is 15.2. The van der Waals surface area contributed by atoms with Gasteiger partial charge in [0.15, 0.2) is 0 Å². The number of aromatic nitrogens is 2. The van der Waals surface area contributed by atoms with Gasteiger partial charge in [0.2, 0.25) is 0 Å². The zero-order chi connectivity index (χ0) is 11.7. The van der Waals surface area contributed by atoms with Crippen LogP contribution in [0.2, 0.25) is 0 Å². The number of nitrogens with one attached hydrogen (secondary N) is 1. The molecule has 1 aliphatic rings. The van der Waals surface area contributed by atoms with Gasteiger partial charge in [-0.05, 0) is 6.07 Å². The van der Waals surface area contributed by atoms with Crippen LogP contribution in [0.3, 0.4) is 0 Å². The van der Waals surface area contributed by atoms with Crippen molar-refractivity contribution in [3.63, 3.8) is 0 Å². The van der Waals surface area contributed by atoms with Gasteiger partial charge in [-0.1, -0.05) is 0 Å². The Morgan fingerprint density at radius 1 is 1.35 bits per heavy atom. The highest BCUT2D eigenvalue weighted by molar-refractivity contribution is 5.52. The lowest BCUT2D eigenvalue weighted by molar-refractivity contribution is 0.231. The molecule has 0 spiro atoms. The molecule has 0 radical (unpaired) electrons. The number of imidazole rings is 1. The molecule has 0 aliphatic carbocycles. The number of anilines is 1. The van der Waals surface area contributed by atoms with Gasteiger partial charge >= 0.3 is 0 Å². The van der Waals surface area contributed by atoms with Crippen LogP contribution in [0.1, 0.15) is 5.69 Å². The van der Waals surface area contributed by atoms with E-state index in [4.69, 9.17) is 5.73 Å². The van der Waals surface area contributed by atoms with Gasteiger partial charge in [0.1, 0.15) is 5.65 Å². The molecule has 0 amide bonds. The van der Waals surface area contributed by atoms with Gasteiger partial charge in [-0.2, -0.15) is 0 Å². The summed E-state index contributed by atoms with van der Waals surface area (Å²) in [6.45, 7) is 5.25. The summed E-state index contributed by atoms with van der Waals surface area (Å²) in [4.78, 5) is 7.01. The molecule has 3 rings (SSSR count). The summed E-state index contributed by atoms with van der Waals surface area (Å²) in [7, 11) is 0. The van der Waals surface area contributed by atoms with E-state index in [-0.39, 0.29) is 0 Å². The van der Waals surface area contributed by atoms with E-state index in [1.807, 2.05) is 22.7 Å². The normalized spacial score (nSPS) is 17.6. The second kappa shape index (κ2) is 4.35. The number of hydrogen-bond acceptors (Lipinski definition) is 4. The van der Waals surface area contributed by atoms with Crippen LogP contribution < -0.4 is 11.1 Å². The third kappa shape index (κ3) is 2.25. The van der Waals surface area contributed by atoms with Crippen molar-refractivity contribution in [1.82, 2.24) is 19.6 Å². The maximum Gasteiger partial charge on any atom is 0.139 e. The first-order valence-corrected chi connectivity index (χ1v) is 5.97. The molecule has 1 saturated heterocycles. The summed E-state index contributed by atoms with van der Waals surface area (Å²) < 4.78 is 2.02. The Bertz CT molecular complexity index is 513. The molecule has 1 fully saturated rings. The quantitative estimate of drug-likeness (QED) is 0.781. The Hall–Kier alpha value is -1.59. The van der Waals surface area contributed by atoms with Gasteiger partial charge < -0.3 is 15.5 Å². The SMILES string of the molecule is Nc1ccn2cc(CN3CCNCC3)nc2c1. The molecule has 0 bridgehead atoms. The van der Waals surface area contributed by atoms with Crippen molar-refractivity contribution in [1.29, 1.82) is 0 Å². The summed E-state index contributed by atoms with van der Waals surface area (Å²) in [6, 6.07) is 3.80. The van der Waals surface area contributed by atoms with E-state index in [2.05, 4.69) is 21.4 Å². The Morgan fingerprint density at radius 2 is 2.18 bits per heavy atom. The Balaban J connectivity index is 1.80. The number of piperazine rings is 1. The van der Waals surface area contributed by atoms with E-state index in [0.717, 1.165) is 49.8 Å². The number of fused-ring (bicyclic) bond motifs is 1. The fourth-order valence-corrected chi connectivity index (χ4v) is 2.22. The lowest BCUT2D eigenvalue weighted by Crippen LogP contribution is -2.42. The van der Waals surface area contributed by atoms with Crippen molar-refractivity contribution in [2.45, 2.75) is 6.54 Å². The molecule has 0 atom stereocenters. The number of hydrogen-bond donors (Lipinski definition) is 2. The minimum Gasteiger partial charge on any atom is -0.399 e. The van der Waals surface area contributed by atoms with Crippen LogP contribution in [0.4, 0.5) is 5.69 Å². The predicted molar refractivity (Wildman–Crippen MR) is 67.8 cm³/mol. The Kier molecular flexibility index (Phi) is 2.70. The maximum absolute atomic E-state index is 5.75. The number of pyridine rings is 1. The number of nitrogens with zero attached hydrogens (tertiary/aromatic N) is 3. The van der Waals surface area contributed by atoms with E-state index < -0.39 is 0 Å². The van der Waals surface area contributed by atoms with E-state index >= 15 is 0 Å². The van der Waals surface area contributed by atoms with E-state index in [9.17, 15) is 0 Å². The minimum atomic E-state index is 0.761. The smallest absolute Gasteiger partial charge is 0.139 e. The third-order valence-electron chi connectivity index (χ3n) is 3.13. The summed E-state index contributed by atoms with van der Waals surface area (Å²) in [5.74, 6) is 0. The number of rotatable bonds is 2. The predicted octanol–water partition coefficient (Wildman–Crippen LogP) is 0.322. The maximum atomic E-state index is 5.75. The van der Waals surface area contributed by atoms with E-state index in [1.54, 1.807) is 0 Å². The van der Waals surface area contributed by atoms with Crippen LogP contribution in [0.25, 0.3) is 5.65 Å². The monoisotopic (exact) mass is 231 g/mol. The van der Waals surface area contributed by atoms with Crippen molar-refractivity contribution in [2.75, 3.05) is 31.9 Å². The molecule has 3 heterocycles. The number of nitrogen functional groups attached to an aromatic ring is 1. The molecule has 2 aromatic rings. The van der Waals surface area contributed by atoms with E-state index in [0.29, 0.717) is 0 Å². The molecule has 17 heavy (non-hydrogen) atoms. The minimum absolute atomic E-state index is 0.761. The van der Waals surface area contributed by atoms with Gasteiger partial charge in [-0.25, -0.2) is 4.98 Å². The molecular weight excluding hydrogens is 214 g/mol. The van der Waals surface area contributed by atoms with Crippen molar-refractivity contribution in [2.24, 2.45) is 0 Å². The fraction of sp³-hybridized carbons (Fsp3) is 0.417. The Morgan fingerprint density at radius 3 is 3.00 bits per heavy atom. The highest BCUT2D eigenvalue weighted by Crippen LogP contribution is 2.11. The summed E-state index contributed by atoms with van der Waals surface area (Å²) >= 11 is 0. The van der Waals surface area contributed by atoms with Gasteiger partial charge in [0, 0.05) is 56.9 Å². The summed E-state index contributed by atoms with van der Waals surface area (Å²) in [5.41, 5.74) is 8.54.